The first-order valence-electron chi connectivity index (χ1n) is 5.91. The number of hydrogen-bond donors (Lipinski definition) is 2. The van der Waals surface area contributed by atoms with Crippen molar-refractivity contribution in [3.63, 3.8) is 0 Å². The van der Waals surface area contributed by atoms with Crippen molar-refractivity contribution in [2.24, 2.45) is 12.9 Å². The monoisotopic (exact) mass is 264 g/mol. The summed E-state index contributed by atoms with van der Waals surface area (Å²) in [5, 5.41) is 0. The van der Waals surface area contributed by atoms with E-state index >= 15 is 0 Å². The zero-order valence-electron chi connectivity index (χ0n) is 10.9. The third-order valence-electron chi connectivity index (χ3n) is 3.09. The van der Waals surface area contributed by atoms with Crippen LogP contribution >= 0.6 is 0 Å². The van der Waals surface area contributed by atoms with Crippen LogP contribution in [0.25, 0.3) is 0 Å². The second-order valence-corrected chi connectivity index (χ2v) is 4.27. The average Bonchev–Trinajstić information content (AvgIpc) is 2.81. The summed E-state index contributed by atoms with van der Waals surface area (Å²) < 4.78 is 20.5. The van der Waals surface area contributed by atoms with E-state index in [4.69, 9.17) is 10.6 Å². The standard InChI is InChI=1S/C13H17FN4O/c1-18-6-5-16-13(18)8-11(17-15)9-3-4-12(19-2)10(14)7-9/h3-7,11,17H,8,15H2,1-2H3. The first-order chi connectivity index (χ1) is 9.15. The van der Waals surface area contributed by atoms with Gasteiger partial charge in [0.2, 0.25) is 0 Å². The van der Waals surface area contributed by atoms with Crippen LogP contribution in [0.5, 0.6) is 5.75 Å². The van der Waals surface area contributed by atoms with E-state index in [9.17, 15) is 4.39 Å². The van der Waals surface area contributed by atoms with E-state index in [0.29, 0.717) is 6.42 Å². The van der Waals surface area contributed by atoms with E-state index in [1.165, 1.54) is 13.2 Å². The summed E-state index contributed by atoms with van der Waals surface area (Å²) in [6, 6.07) is 4.59. The minimum atomic E-state index is -0.403. The van der Waals surface area contributed by atoms with Gasteiger partial charge in [0.1, 0.15) is 5.82 Å². The summed E-state index contributed by atoms with van der Waals surface area (Å²) in [6.07, 6.45) is 4.15. The molecular formula is C13H17FN4O. The van der Waals surface area contributed by atoms with E-state index in [1.54, 1.807) is 18.3 Å². The quantitative estimate of drug-likeness (QED) is 0.631. The largest absolute Gasteiger partial charge is 0.494 e. The Morgan fingerprint density at radius 3 is 2.84 bits per heavy atom. The molecule has 1 heterocycles. The predicted molar refractivity (Wildman–Crippen MR) is 69.9 cm³/mol. The molecule has 1 unspecified atom stereocenters. The molecule has 2 rings (SSSR count). The molecule has 0 aliphatic carbocycles. The first kappa shape index (κ1) is 13.5. The lowest BCUT2D eigenvalue weighted by Crippen LogP contribution is -2.30. The van der Waals surface area contributed by atoms with Gasteiger partial charge in [0, 0.05) is 25.9 Å². The van der Waals surface area contributed by atoms with Crippen molar-refractivity contribution in [1.82, 2.24) is 15.0 Å². The van der Waals surface area contributed by atoms with E-state index in [0.717, 1.165) is 11.4 Å². The van der Waals surface area contributed by atoms with Gasteiger partial charge < -0.3 is 9.30 Å². The lowest BCUT2D eigenvalue weighted by atomic mass is 10.0. The Labute approximate surface area is 111 Å². The van der Waals surface area contributed by atoms with Crippen LogP contribution < -0.4 is 16.0 Å². The van der Waals surface area contributed by atoms with Crippen molar-refractivity contribution < 1.29 is 9.13 Å². The maximum Gasteiger partial charge on any atom is 0.165 e. The van der Waals surface area contributed by atoms with Crippen molar-refractivity contribution in [2.75, 3.05) is 7.11 Å². The average molecular weight is 264 g/mol. The highest BCUT2D eigenvalue weighted by atomic mass is 19.1. The molecule has 0 spiro atoms. The number of imidazole rings is 1. The van der Waals surface area contributed by atoms with E-state index in [-0.39, 0.29) is 11.8 Å². The molecule has 0 aliphatic rings. The second-order valence-electron chi connectivity index (χ2n) is 4.27. The first-order valence-corrected chi connectivity index (χ1v) is 5.91. The summed E-state index contributed by atoms with van der Waals surface area (Å²) in [7, 11) is 3.34. The Kier molecular flexibility index (Phi) is 4.13. The van der Waals surface area contributed by atoms with Crippen LogP contribution in [-0.4, -0.2) is 16.7 Å². The van der Waals surface area contributed by atoms with Gasteiger partial charge in [-0.15, -0.1) is 0 Å². The Bertz CT molecular complexity index is 555. The normalized spacial score (nSPS) is 12.4. The smallest absolute Gasteiger partial charge is 0.165 e. The van der Waals surface area contributed by atoms with Crippen molar-refractivity contribution in [3.8, 4) is 5.75 Å². The van der Waals surface area contributed by atoms with Gasteiger partial charge >= 0.3 is 0 Å². The van der Waals surface area contributed by atoms with Crippen LogP contribution in [0, 0.1) is 5.82 Å². The van der Waals surface area contributed by atoms with Crippen molar-refractivity contribution in [3.05, 3.63) is 47.8 Å². The van der Waals surface area contributed by atoms with E-state index in [1.807, 2.05) is 17.8 Å². The summed E-state index contributed by atoms with van der Waals surface area (Å²) >= 11 is 0. The number of benzene rings is 1. The van der Waals surface area contributed by atoms with Gasteiger partial charge in [-0.2, -0.15) is 0 Å². The van der Waals surface area contributed by atoms with Crippen LogP contribution in [-0.2, 0) is 13.5 Å². The fourth-order valence-corrected chi connectivity index (χ4v) is 1.95. The second kappa shape index (κ2) is 5.81. The summed E-state index contributed by atoms with van der Waals surface area (Å²) in [6.45, 7) is 0. The summed E-state index contributed by atoms with van der Waals surface area (Å²) in [4.78, 5) is 4.23. The predicted octanol–water partition coefficient (Wildman–Crippen LogP) is 1.31. The van der Waals surface area contributed by atoms with Gasteiger partial charge in [0.05, 0.1) is 13.2 Å². The summed E-state index contributed by atoms with van der Waals surface area (Å²) in [5.41, 5.74) is 3.44. The molecule has 0 fully saturated rings. The summed E-state index contributed by atoms with van der Waals surface area (Å²) in [5.74, 6) is 6.24. The zero-order valence-corrected chi connectivity index (χ0v) is 10.9. The van der Waals surface area contributed by atoms with Crippen LogP contribution in [0.3, 0.4) is 0 Å². The molecule has 19 heavy (non-hydrogen) atoms. The minimum absolute atomic E-state index is 0.207. The maximum absolute atomic E-state index is 13.7. The molecule has 0 saturated heterocycles. The number of nitrogens with one attached hydrogen (secondary N) is 1. The number of hydrazine groups is 1. The molecule has 1 aromatic heterocycles. The molecule has 0 aliphatic heterocycles. The fraction of sp³-hybridized carbons (Fsp3) is 0.308. The minimum Gasteiger partial charge on any atom is -0.494 e. The molecule has 1 atom stereocenters. The SMILES string of the molecule is COc1ccc(C(Cc2nccn2C)NN)cc1F. The van der Waals surface area contributed by atoms with Gasteiger partial charge in [-0.05, 0) is 17.7 Å². The number of aromatic nitrogens is 2. The molecule has 3 N–H and O–H groups in total. The van der Waals surface area contributed by atoms with Crippen LogP contribution in [0.2, 0.25) is 0 Å². The van der Waals surface area contributed by atoms with Crippen LogP contribution in [0.4, 0.5) is 4.39 Å². The Balaban J connectivity index is 2.22. The van der Waals surface area contributed by atoms with Gasteiger partial charge in [-0.3, -0.25) is 11.3 Å². The van der Waals surface area contributed by atoms with Gasteiger partial charge in [0.15, 0.2) is 11.6 Å². The van der Waals surface area contributed by atoms with Crippen LogP contribution in [0.15, 0.2) is 30.6 Å². The molecule has 6 heteroatoms. The van der Waals surface area contributed by atoms with Crippen molar-refractivity contribution >= 4 is 0 Å². The number of ether oxygens (including phenoxy) is 1. The number of halogens is 1. The molecule has 0 saturated carbocycles. The van der Waals surface area contributed by atoms with Crippen LogP contribution in [0.1, 0.15) is 17.4 Å². The highest BCUT2D eigenvalue weighted by Gasteiger charge is 2.15. The Morgan fingerprint density at radius 1 is 1.53 bits per heavy atom. The van der Waals surface area contributed by atoms with Gasteiger partial charge in [-0.25, -0.2) is 9.37 Å². The molecule has 2 aromatic rings. The highest BCUT2D eigenvalue weighted by molar-refractivity contribution is 5.31. The van der Waals surface area contributed by atoms with Gasteiger partial charge in [-0.1, -0.05) is 6.07 Å². The third kappa shape index (κ3) is 2.91. The van der Waals surface area contributed by atoms with E-state index < -0.39 is 5.82 Å². The number of hydrogen-bond acceptors (Lipinski definition) is 4. The topological polar surface area (TPSA) is 65.1 Å². The van der Waals surface area contributed by atoms with E-state index in [2.05, 4.69) is 10.4 Å². The highest BCUT2D eigenvalue weighted by Crippen LogP contribution is 2.23. The number of nitrogens with zero attached hydrogens (tertiary/aromatic N) is 2. The Morgan fingerprint density at radius 2 is 2.32 bits per heavy atom. The molecule has 0 bridgehead atoms. The molecule has 0 radical (unpaired) electrons. The lowest BCUT2D eigenvalue weighted by molar-refractivity contribution is 0.385. The third-order valence-corrected chi connectivity index (χ3v) is 3.09. The molecule has 5 nitrogen and oxygen atoms in total. The number of aryl methyl sites for hydroxylation is 1. The number of nitrogens with two attached hydrogens (primary N) is 1. The lowest BCUT2D eigenvalue weighted by Gasteiger charge is -2.16. The van der Waals surface area contributed by atoms with Crippen molar-refractivity contribution in [2.45, 2.75) is 12.5 Å². The fourth-order valence-electron chi connectivity index (χ4n) is 1.95. The number of methoxy groups -OCH3 is 1. The molecule has 0 amide bonds. The Hall–Kier alpha value is -1.92. The molecule has 102 valence electrons. The van der Waals surface area contributed by atoms with Crippen molar-refractivity contribution in [1.29, 1.82) is 0 Å². The van der Waals surface area contributed by atoms with Gasteiger partial charge in [0.25, 0.3) is 0 Å². The number of rotatable bonds is 5. The zero-order chi connectivity index (χ0) is 13.8. The molecular weight excluding hydrogens is 247 g/mol. The molecule has 1 aromatic carbocycles. The maximum atomic E-state index is 13.7.